The Labute approximate surface area is 110 Å². The van der Waals surface area contributed by atoms with Gasteiger partial charge in [-0.25, -0.2) is 4.79 Å². The van der Waals surface area contributed by atoms with E-state index in [1.807, 2.05) is 6.07 Å². The first kappa shape index (κ1) is 12.7. The standard InChI is InChI=1S/C12H13Cl2NO2/c1-6-5-15-11(12(16)17-2)10-8(6)3-7(13)4-9(10)14/h3-4,6,11,15H,5H2,1-2H3. The lowest BCUT2D eigenvalue weighted by atomic mass is 9.87. The SMILES string of the molecule is COC(=O)C1NCC(C)c2cc(Cl)cc(Cl)c21. The molecular weight excluding hydrogens is 261 g/mol. The van der Waals surface area contributed by atoms with E-state index in [1.165, 1.54) is 7.11 Å². The molecule has 92 valence electrons. The number of halogens is 2. The molecule has 0 amide bonds. The number of rotatable bonds is 1. The Hall–Kier alpha value is -0.770. The number of hydrogen-bond acceptors (Lipinski definition) is 3. The highest BCUT2D eigenvalue weighted by Crippen LogP contribution is 2.37. The Balaban J connectivity index is 2.55. The summed E-state index contributed by atoms with van der Waals surface area (Å²) in [7, 11) is 1.37. The second-order valence-corrected chi connectivity index (χ2v) is 5.00. The van der Waals surface area contributed by atoms with Gasteiger partial charge in [0, 0.05) is 22.2 Å². The maximum atomic E-state index is 11.7. The molecule has 5 heteroatoms. The molecule has 1 aromatic carbocycles. The smallest absolute Gasteiger partial charge is 0.327 e. The van der Waals surface area contributed by atoms with Crippen LogP contribution in [0.25, 0.3) is 0 Å². The van der Waals surface area contributed by atoms with Gasteiger partial charge in [0.1, 0.15) is 6.04 Å². The third kappa shape index (κ3) is 2.28. The van der Waals surface area contributed by atoms with Crippen molar-refractivity contribution in [3.8, 4) is 0 Å². The summed E-state index contributed by atoms with van der Waals surface area (Å²) in [4.78, 5) is 11.7. The largest absolute Gasteiger partial charge is 0.468 e. The third-order valence-electron chi connectivity index (χ3n) is 3.01. The van der Waals surface area contributed by atoms with Crippen molar-refractivity contribution in [2.45, 2.75) is 18.9 Å². The molecule has 0 saturated heterocycles. The summed E-state index contributed by atoms with van der Waals surface area (Å²) in [5.41, 5.74) is 1.79. The molecule has 0 spiro atoms. The van der Waals surface area contributed by atoms with Crippen molar-refractivity contribution < 1.29 is 9.53 Å². The van der Waals surface area contributed by atoms with Crippen LogP contribution in [0.1, 0.15) is 30.0 Å². The molecule has 1 aliphatic rings. The lowest BCUT2D eigenvalue weighted by molar-refractivity contribution is -0.143. The Morgan fingerprint density at radius 2 is 2.18 bits per heavy atom. The van der Waals surface area contributed by atoms with Crippen LogP contribution in [-0.2, 0) is 9.53 Å². The Bertz CT molecular complexity index is 462. The minimum Gasteiger partial charge on any atom is -0.468 e. The van der Waals surface area contributed by atoms with E-state index in [-0.39, 0.29) is 11.9 Å². The van der Waals surface area contributed by atoms with E-state index < -0.39 is 6.04 Å². The van der Waals surface area contributed by atoms with Gasteiger partial charge < -0.3 is 10.1 Å². The number of benzene rings is 1. The monoisotopic (exact) mass is 273 g/mol. The average Bonchev–Trinajstić information content (AvgIpc) is 2.29. The van der Waals surface area contributed by atoms with Crippen molar-refractivity contribution in [3.05, 3.63) is 33.3 Å². The van der Waals surface area contributed by atoms with Crippen LogP contribution in [0.3, 0.4) is 0 Å². The Kier molecular flexibility index (Phi) is 3.61. The first-order valence-electron chi connectivity index (χ1n) is 5.34. The maximum Gasteiger partial charge on any atom is 0.327 e. The summed E-state index contributed by atoms with van der Waals surface area (Å²) < 4.78 is 4.77. The molecule has 0 aromatic heterocycles. The summed E-state index contributed by atoms with van der Waals surface area (Å²) in [5.74, 6) is -0.0653. The molecule has 2 atom stereocenters. The molecule has 1 N–H and O–H groups in total. The zero-order valence-electron chi connectivity index (χ0n) is 9.59. The average molecular weight is 274 g/mol. The first-order chi connectivity index (χ1) is 8.04. The second-order valence-electron chi connectivity index (χ2n) is 4.16. The van der Waals surface area contributed by atoms with Crippen LogP contribution in [0, 0.1) is 0 Å². The van der Waals surface area contributed by atoms with Crippen molar-refractivity contribution in [2.24, 2.45) is 0 Å². The van der Waals surface area contributed by atoms with Gasteiger partial charge in [0.25, 0.3) is 0 Å². The lowest BCUT2D eigenvalue weighted by Crippen LogP contribution is -2.37. The molecular formula is C12H13Cl2NO2. The normalized spacial score (nSPS) is 23.1. The van der Waals surface area contributed by atoms with Crippen LogP contribution in [0.5, 0.6) is 0 Å². The van der Waals surface area contributed by atoms with Gasteiger partial charge in [-0.15, -0.1) is 0 Å². The highest BCUT2D eigenvalue weighted by molar-refractivity contribution is 6.35. The van der Waals surface area contributed by atoms with Crippen LogP contribution >= 0.6 is 23.2 Å². The molecule has 0 radical (unpaired) electrons. The zero-order valence-corrected chi connectivity index (χ0v) is 11.1. The van der Waals surface area contributed by atoms with Gasteiger partial charge in [0.15, 0.2) is 0 Å². The molecule has 0 aliphatic carbocycles. The number of ether oxygens (including phenoxy) is 1. The van der Waals surface area contributed by atoms with Crippen LogP contribution in [0.2, 0.25) is 10.0 Å². The van der Waals surface area contributed by atoms with Gasteiger partial charge >= 0.3 is 5.97 Å². The lowest BCUT2D eigenvalue weighted by Gasteiger charge is -2.30. The van der Waals surface area contributed by atoms with Gasteiger partial charge in [-0.2, -0.15) is 0 Å². The van der Waals surface area contributed by atoms with Gasteiger partial charge in [0.2, 0.25) is 0 Å². The van der Waals surface area contributed by atoms with Gasteiger partial charge in [-0.05, 0) is 23.6 Å². The number of carbonyl (C=O) groups excluding carboxylic acids is 1. The van der Waals surface area contributed by atoms with Crippen LogP contribution in [-0.4, -0.2) is 19.6 Å². The molecule has 1 aromatic rings. The van der Waals surface area contributed by atoms with E-state index in [4.69, 9.17) is 27.9 Å². The fourth-order valence-corrected chi connectivity index (χ4v) is 2.76. The number of hydrogen-bond donors (Lipinski definition) is 1. The summed E-state index contributed by atoms with van der Waals surface area (Å²) in [6.45, 7) is 2.76. The highest BCUT2D eigenvalue weighted by atomic mass is 35.5. The minimum atomic E-state index is -0.504. The van der Waals surface area contributed by atoms with Crippen LogP contribution in [0.4, 0.5) is 0 Å². The number of esters is 1. The third-order valence-corrected chi connectivity index (χ3v) is 3.54. The van der Waals surface area contributed by atoms with Crippen LogP contribution in [0.15, 0.2) is 12.1 Å². The Morgan fingerprint density at radius 3 is 2.82 bits per heavy atom. The molecule has 0 saturated carbocycles. The molecule has 0 fully saturated rings. The van der Waals surface area contributed by atoms with E-state index in [0.717, 1.165) is 11.1 Å². The molecule has 1 heterocycles. The second kappa shape index (κ2) is 4.84. The number of methoxy groups -OCH3 is 1. The molecule has 17 heavy (non-hydrogen) atoms. The van der Waals surface area contributed by atoms with Crippen LogP contribution < -0.4 is 5.32 Å². The van der Waals surface area contributed by atoms with Crippen molar-refractivity contribution in [2.75, 3.05) is 13.7 Å². The predicted molar refractivity (Wildman–Crippen MR) is 67.6 cm³/mol. The number of fused-ring (bicyclic) bond motifs is 1. The van der Waals surface area contributed by atoms with Crippen molar-refractivity contribution in [3.63, 3.8) is 0 Å². The summed E-state index contributed by atoms with van der Waals surface area (Å²) in [6, 6.07) is 3.01. The van der Waals surface area contributed by atoms with E-state index in [1.54, 1.807) is 6.07 Å². The van der Waals surface area contributed by atoms with E-state index in [2.05, 4.69) is 12.2 Å². The minimum absolute atomic E-state index is 0.266. The predicted octanol–water partition coefficient (Wildman–Crippen LogP) is 2.91. The van der Waals surface area contributed by atoms with Crippen molar-refractivity contribution >= 4 is 29.2 Å². The van der Waals surface area contributed by atoms with Gasteiger partial charge in [0.05, 0.1) is 7.11 Å². The Morgan fingerprint density at radius 1 is 1.47 bits per heavy atom. The first-order valence-corrected chi connectivity index (χ1v) is 6.10. The maximum absolute atomic E-state index is 11.7. The summed E-state index contributed by atoms with van der Waals surface area (Å²) >= 11 is 12.2. The van der Waals surface area contributed by atoms with E-state index >= 15 is 0 Å². The fraction of sp³-hybridized carbons (Fsp3) is 0.417. The van der Waals surface area contributed by atoms with Crippen molar-refractivity contribution in [1.29, 1.82) is 0 Å². The topological polar surface area (TPSA) is 38.3 Å². The molecule has 2 rings (SSSR count). The molecule has 0 bridgehead atoms. The number of carbonyl (C=O) groups is 1. The molecule has 3 nitrogen and oxygen atoms in total. The van der Waals surface area contributed by atoms with E-state index in [9.17, 15) is 4.79 Å². The molecule has 2 unspecified atom stereocenters. The highest BCUT2D eigenvalue weighted by Gasteiger charge is 2.32. The molecule has 1 aliphatic heterocycles. The van der Waals surface area contributed by atoms with Gasteiger partial charge in [-0.1, -0.05) is 30.1 Å². The summed E-state index contributed by atoms with van der Waals surface area (Å²) in [6.07, 6.45) is 0. The quantitative estimate of drug-likeness (QED) is 0.800. The van der Waals surface area contributed by atoms with E-state index in [0.29, 0.717) is 16.6 Å². The fourth-order valence-electron chi connectivity index (χ4n) is 2.14. The summed E-state index contributed by atoms with van der Waals surface area (Å²) in [5, 5.41) is 4.22. The van der Waals surface area contributed by atoms with Gasteiger partial charge in [-0.3, -0.25) is 0 Å². The van der Waals surface area contributed by atoms with Crippen molar-refractivity contribution in [1.82, 2.24) is 5.32 Å². The number of nitrogens with one attached hydrogen (secondary N) is 1. The zero-order chi connectivity index (χ0) is 12.6.